The van der Waals surface area contributed by atoms with Crippen molar-refractivity contribution in [3.05, 3.63) is 101 Å². The Bertz CT molecular complexity index is 1040. The molecule has 0 spiro atoms. The molecule has 1 aromatic heterocycles. The van der Waals surface area contributed by atoms with Crippen molar-refractivity contribution >= 4 is 47.1 Å². The van der Waals surface area contributed by atoms with Gasteiger partial charge in [0.15, 0.2) is 0 Å². The van der Waals surface area contributed by atoms with Gasteiger partial charge in [-0.25, -0.2) is 0 Å². The largest absolute Gasteiger partial charge is 0.550 e. The van der Waals surface area contributed by atoms with Crippen molar-refractivity contribution in [2.75, 3.05) is 0 Å². The summed E-state index contributed by atoms with van der Waals surface area (Å²) in [6.07, 6.45) is 9.47. The van der Waals surface area contributed by atoms with E-state index >= 15 is 0 Å². The minimum absolute atomic E-state index is 0.254. The summed E-state index contributed by atoms with van der Waals surface area (Å²) in [4.78, 5) is 4.51. The van der Waals surface area contributed by atoms with Crippen molar-refractivity contribution in [1.29, 1.82) is 0 Å². The average Bonchev–Trinajstić information content (AvgIpc) is 2.71. The number of benzene rings is 2. The minimum Gasteiger partial charge on any atom is -0.550 e. The Morgan fingerprint density at radius 1 is 1.07 bits per heavy atom. The molecule has 3 rings (SSSR count). The summed E-state index contributed by atoms with van der Waals surface area (Å²) in [6, 6.07) is 18.1. The first-order valence-corrected chi connectivity index (χ1v) is 9.90. The predicted octanol–water partition coefficient (Wildman–Crippen LogP) is 5.39. The number of fused-ring (bicyclic) bond motifs is 1. The number of pyridine rings is 1. The van der Waals surface area contributed by atoms with Gasteiger partial charge in [0.1, 0.15) is 19.1 Å². The Morgan fingerprint density at radius 3 is 2.57 bits per heavy atom. The number of hydrogen-bond donors (Lipinski definition) is 0. The van der Waals surface area contributed by atoms with E-state index in [2.05, 4.69) is 33.0 Å². The summed E-state index contributed by atoms with van der Waals surface area (Å²) in [5.74, 6) is 0.754. The van der Waals surface area contributed by atoms with Crippen LogP contribution in [-0.4, -0.2) is 19.7 Å². The highest BCUT2D eigenvalue weighted by Gasteiger charge is 2.24. The van der Waals surface area contributed by atoms with Crippen molar-refractivity contribution in [2.45, 2.75) is 13.8 Å². The summed E-state index contributed by atoms with van der Waals surface area (Å²) < 4.78 is 7.50. The van der Waals surface area contributed by atoms with Crippen LogP contribution in [-0.2, 0) is 0 Å². The molecule has 2 aromatic carbocycles. The van der Waals surface area contributed by atoms with E-state index in [1.165, 1.54) is 0 Å². The molecule has 0 saturated carbocycles. The van der Waals surface area contributed by atoms with E-state index in [4.69, 9.17) is 12.5 Å². The van der Waals surface area contributed by atoms with Crippen molar-refractivity contribution in [3.8, 4) is 5.75 Å². The fourth-order valence-electron chi connectivity index (χ4n) is 2.92. The first-order chi connectivity index (χ1) is 13.6. The molecule has 0 aliphatic carbocycles. The number of halogens is 1. The van der Waals surface area contributed by atoms with Gasteiger partial charge in [-0.1, -0.05) is 81.5 Å². The quantitative estimate of drug-likeness (QED) is 0.388. The predicted molar refractivity (Wildman–Crippen MR) is 124 cm³/mol. The van der Waals surface area contributed by atoms with E-state index in [0.29, 0.717) is 5.47 Å². The molecule has 0 unspecified atom stereocenters. The second-order valence-electron chi connectivity index (χ2n) is 6.46. The summed E-state index contributed by atoms with van der Waals surface area (Å²) in [7, 11) is 5.99. The lowest BCUT2D eigenvalue weighted by molar-refractivity contribution is 0.592. The fraction of sp³-hybridized carbons (Fsp3) is 0.0870. The molecule has 0 amide bonds. The number of allylic oxidation sites excluding steroid dienone is 6. The Kier molecular flexibility index (Phi) is 6.94. The van der Waals surface area contributed by atoms with Gasteiger partial charge in [-0.3, -0.25) is 4.98 Å². The summed E-state index contributed by atoms with van der Waals surface area (Å²) in [5.41, 5.74) is 3.65. The molecule has 0 aliphatic rings. The van der Waals surface area contributed by atoms with Gasteiger partial charge in [-0.2, -0.15) is 0 Å². The average molecular weight is 428 g/mol. The van der Waals surface area contributed by atoms with Crippen LogP contribution in [0.15, 0.2) is 101 Å². The molecular formula is C23H20B2BrNO. The van der Waals surface area contributed by atoms with Crippen molar-refractivity contribution < 1.29 is 4.65 Å². The van der Waals surface area contributed by atoms with E-state index in [1.54, 1.807) is 6.20 Å². The first kappa shape index (κ1) is 20.2. The van der Waals surface area contributed by atoms with Crippen molar-refractivity contribution in [1.82, 2.24) is 4.98 Å². The number of hydrogen-bond acceptors (Lipinski definition) is 2. The van der Waals surface area contributed by atoms with Crippen LogP contribution in [0.5, 0.6) is 5.75 Å². The molecule has 0 N–H and O–H groups in total. The van der Waals surface area contributed by atoms with Crippen LogP contribution in [0.1, 0.15) is 13.8 Å². The van der Waals surface area contributed by atoms with E-state index in [-0.39, 0.29) is 6.92 Å². The van der Waals surface area contributed by atoms with Crippen LogP contribution in [0.25, 0.3) is 10.9 Å². The Hall–Kier alpha value is -2.52. The van der Waals surface area contributed by atoms with Crippen molar-refractivity contribution in [2.24, 2.45) is 0 Å². The van der Waals surface area contributed by atoms with Crippen LogP contribution in [0.2, 0.25) is 0 Å². The zero-order chi connectivity index (χ0) is 19.9. The van der Waals surface area contributed by atoms with Gasteiger partial charge in [0.2, 0.25) is 0 Å². The van der Waals surface area contributed by atoms with Gasteiger partial charge in [0, 0.05) is 16.1 Å². The Balaban J connectivity index is 2.02. The van der Waals surface area contributed by atoms with E-state index < -0.39 is 0 Å². The molecule has 28 heavy (non-hydrogen) atoms. The molecule has 0 aliphatic heterocycles. The Morgan fingerprint density at radius 2 is 1.82 bits per heavy atom. The highest BCUT2D eigenvalue weighted by molar-refractivity contribution is 9.10. The second-order valence-corrected chi connectivity index (χ2v) is 7.37. The number of para-hydroxylation sites is 1. The maximum Gasteiger partial charge on any atom is 0.422 e. The normalized spacial score (nSPS) is 12.5. The van der Waals surface area contributed by atoms with E-state index in [9.17, 15) is 0 Å². The van der Waals surface area contributed by atoms with Crippen LogP contribution >= 0.6 is 15.9 Å². The SMILES string of the molecule is [B]C(/C=C\C)=C/C=C(\C)B(Oc1cccc2cccnc12)c1ccc(Br)cc1. The van der Waals surface area contributed by atoms with Gasteiger partial charge in [0.05, 0.1) is 0 Å². The van der Waals surface area contributed by atoms with E-state index in [1.807, 2.05) is 80.6 Å². The molecule has 2 nitrogen and oxygen atoms in total. The van der Waals surface area contributed by atoms with Gasteiger partial charge >= 0.3 is 6.92 Å². The van der Waals surface area contributed by atoms with Gasteiger partial charge in [-0.05, 0) is 43.6 Å². The lowest BCUT2D eigenvalue weighted by atomic mass is 9.55. The zero-order valence-corrected chi connectivity index (χ0v) is 17.6. The van der Waals surface area contributed by atoms with Crippen LogP contribution < -0.4 is 10.1 Å². The topological polar surface area (TPSA) is 22.1 Å². The molecule has 0 saturated heterocycles. The highest BCUT2D eigenvalue weighted by atomic mass is 79.9. The van der Waals surface area contributed by atoms with Gasteiger partial charge < -0.3 is 4.65 Å². The maximum atomic E-state index is 6.47. The second kappa shape index (κ2) is 9.61. The third-order valence-corrected chi connectivity index (χ3v) is 4.85. The third-order valence-electron chi connectivity index (χ3n) is 4.32. The van der Waals surface area contributed by atoms with Crippen LogP contribution in [0.3, 0.4) is 0 Å². The zero-order valence-electron chi connectivity index (χ0n) is 16.0. The van der Waals surface area contributed by atoms with Gasteiger partial charge in [0.25, 0.3) is 0 Å². The van der Waals surface area contributed by atoms with E-state index in [0.717, 1.165) is 32.1 Å². The first-order valence-electron chi connectivity index (χ1n) is 9.11. The molecule has 136 valence electrons. The highest BCUT2D eigenvalue weighted by Crippen LogP contribution is 2.24. The molecule has 5 heteroatoms. The number of nitrogens with zero attached hydrogens (tertiary/aromatic N) is 1. The Labute approximate surface area is 176 Å². The monoisotopic (exact) mass is 427 g/mol. The number of aromatic nitrogens is 1. The molecule has 2 radical (unpaired) electrons. The fourth-order valence-corrected chi connectivity index (χ4v) is 3.19. The molecule has 3 aromatic rings. The van der Waals surface area contributed by atoms with Crippen LogP contribution in [0, 0.1) is 0 Å². The molecule has 0 bridgehead atoms. The summed E-state index contributed by atoms with van der Waals surface area (Å²) in [6.45, 7) is 3.74. The summed E-state index contributed by atoms with van der Waals surface area (Å²) >= 11 is 3.50. The van der Waals surface area contributed by atoms with Crippen molar-refractivity contribution in [3.63, 3.8) is 0 Å². The van der Waals surface area contributed by atoms with Gasteiger partial charge in [-0.15, -0.1) is 0 Å². The molecular weight excluding hydrogens is 408 g/mol. The minimum atomic E-state index is -0.254. The molecule has 0 fully saturated rings. The standard InChI is InChI=1S/C23H20B2BrNO/c1-3-6-19(24)11-10-17(2)25(20-12-14-21(26)15-13-20)28-22-9-4-7-18-8-5-16-27-23(18)22/h3-16H,1-2H3/b6-3-,17-10+,19-11+. The maximum absolute atomic E-state index is 6.47. The molecule has 1 heterocycles. The lowest BCUT2D eigenvalue weighted by Gasteiger charge is -2.18. The third kappa shape index (κ3) is 5.05. The lowest BCUT2D eigenvalue weighted by Crippen LogP contribution is -2.38. The molecule has 0 atom stereocenters. The van der Waals surface area contributed by atoms with Crippen LogP contribution in [0.4, 0.5) is 0 Å². The smallest absolute Gasteiger partial charge is 0.422 e. The number of rotatable bonds is 6. The summed E-state index contributed by atoms with van der Waals surface area (Å²) in [5, 5.41) is 1.05.